The number of hydrogen-bond donors (Lipinski definition) is 3. The summed E-state index contributed by atoms with van der Waals surface area (Å²) in [4.78, 5) is 41.4. The van der Waals surface area contributed by atoms with Crippen LogP contribution in [0.3, 0.4) is 0 Å². The van der Waals surface area contributed by atoms with E-state index in [2.05, 4.69) is 15.6 Å². The number of rotatable bonds is 6. The lowest BCUT2D eigenvalue weighted by molar-refractivity contribution is -0.130. The minimum Gasteiger partial charge on any atom is -0.497 e. The molecule has 8 heteroatoms. The number of nitrogens with one attached hydrogen (secondary N) is 3. The van der Waals surface area contributed by atoms with Crippen molar-refractivity contribution >= 4 is 34.4 Å². The number of imide groups is 1. The number of para-hydroxylation sites is 1. The molecule has 8 nitrogen and oxygen atoms in total. The van der Waals surface area contributed by atoms with Gasteiger partial charge in [0, 0.05) is 35.3 Å². The molecule has 2 heterocycles. The highest BCUT2D eigenvalue weighted by atomic mass is 16.5. The van der Waals surface area contributed by atoms with Crippen molar-refractivity contribution < 1.29 is 19.1 Å². The number of benzene rings is 2. The van der Waals surface area contributed by atoms with Gasteiger partial charge in [-0.15, -0.1) is 0 Å². The molecule has 1 fully saturated rings. The Morgan fingerprint density at radius 1 is 1.17 bits per heavy atom. The first-order chi connectivity index (χ1) is 14.0. The summed E-state index contributed by atoms with van der Waals surface area (Å²) in [7, 11) is 1.53. The van der Waals surface area contributed by atoms with E-state index in [4.69, 9.17) is 4.74 Å². The van der Waals surface area contributed by atoms with E-state index < -0.39 is 23.9 Å². The molecule has 29 heavy (non-hydrogen) atoms. The fraction of sp³-hybridized carbons (Fsp3) is 0.190. The number of nitrogens with zero attached hydrogens (tertiary/aromatic N) is 1. The Morgan fingerprint density at radius 3 is 2.83 bits per heavy atom. The van der Waals surface area contributed by atoms with Gasteiger partial charge in [-0.05, 0) is 23.8 Å². The van der Waals surface area contributed by atoms with E-state index in [1.807, 2.05) is 30.5 Å². The highest BCUT2D eigenvalue weighted by Gasteiger charge is 2.39. The van der Waals surface area contributed by atoms with Crippen LogP contribution < -0.4 is 15.4 Å². The second-order valence-electron chi connectivity index (χ2n) is 6.77. The second-order valence-corrected chi connectivity index (χ2v) is 6.77. The van der Waals surface area contributed by atoms with Gasteiger partial charge in [-0.1, -0.05) is 24.3 Å². The highest BCUT2D eigenvalue weighted by Crippen LogP contribution is 2.21. The summed E-state index contributed by atoms with van der Waals surface area (Å²) < 4.78 is 5.12. The molecule has 0 radical (unpaired) electrons. The van der Waals surface area contributed by atoms with Crippen molar-refractivity contribution in [3.8, 4) is 5.75 Å². The zero-order valence-electron chi connectivity index (χ0n) is 15.8. The van der Waals surface area contributed by atoms with Crippen LogP contribution in [0.25, 0.3) is 10.9 Å². The third-order valence-electron chi connectivity index (χ3n) is 4.86. The summed E-state index contributed by atoms with van der Waals surface area (Å²) in [6, 6.07) is 13.3. The lowest BCUT2D eigenvalue weighted by Crippen LogP contribution is -2.38. The van der Waals surface area contributed by atoms with Crippen LogP contribution in [0.4, 0.5) is 10.5 Å². The van der Waals surface area contributed by atoms with Crippen molar-refractivity contribution in [3.05, 3.63) is 60.3 Å². The van der Waals surface area contributed by atoms with Crippen LogP contribution in [0, 0.1) is 0 Å². The third kappa shape index (κ3) is 3.77. The summed E-state index contributed by atoms with van der Waals surface area (Å²) in [6.45, 7) is -0.355. The molecule has 3 N–H and O–H groups in total. The van der Waals surface area contributed by atoms with Crippen molar-refractivity contribution in [2.24, 2.45) is 0 Å². The van der Waals surface area contributed by atoms with Crippen molar-refractivity contribution in [3.63, 3.8) is 0 Å². The average molecular weight is 392 g/mol. The predicted molar refractivity (Wildman–Crippen MR) is 108 cm³/mol. The fourth-order valence-electron chi connectivity index (χ4n) is 3.43. The Morgan fingerprint density at radius 2 is 2.00 bits per heavy atom. The molecule has 4 rings (SSSR count). The monoisotopic (exact) mass is 392 g/mol. The number of carbonyl (C=O) groups excluding carboxylic acids is 3. The van der Waals surface area contributed by atoms with Gasteiger partial charge in [0.15, 0.2) is 0 Å². The Balaban J connectivity index is 1.42. The number of hydrogen-bond acceptors (Lipinski definition) is 4. The fourth-order valence-corrected chi connectivity index (χ4v) is 3.43. The van der Waals surface area contributed by atoms with E-state index >= 15 is 0 Å². The standard InChI is InChI=1S/C21H20N4O4/c1-29-15-6-4-5-14(10-15)23-19(26)12-25-20(27)18(24-21(25)28)9-13-11-22-17-8-3-2-7-16(13)17/h2-8,10-11,18,22H,9,12H2,1H3,(H,23,26)(H,24,28)/t18-/m0/s1. The molecule has 1 aliphatic heterocycles. The summed E-state index contributed by atoms with van der Waals surface area (Å²) in [5, 5.41) is 6.34. The maximum atomic E-state index is 12.7. The summed E-state index contributed by atoms with van der Waals surface area (Å²) in [5.74, 6) is -0.285. The molecule has 2 aromatic carbocycles. The van der Waals surface area contributed by atoms with Gasteiger partial charge >= 0.3 is 6.03 Å². The second kappa shape index (κ2) is 7.67. The van der Waals surface area contributed by atoms with Crippen molar-refractivity contribution in [2.45, 2.75) is 12.5 Å². The SMILES string of the molecule is COc1cccc(NC(=O)CN2C(=O)N[C@@H](Cc3c[nH]c4ccccc34)C2=O)c1. The number of H-pyrrole nitrogens is 1. The Bertz CT molecular complexity index is 1090. The number of carbonyl (C=O) groups is 3. The van der Waals surface area contributed by atoms with Gasteiger partial charge in [-0.3, -0.25) is 14.5 Å². The van der Waals surface area contributed by atoms with Gasteiger partial charge in [0.05, 0.1) is 7.11 Å². The van der Waals surface area contributed by atoms with Crippen LogP contribution in [0.5, 0.6) is 5.75 Å². The predicted octanol–water partition coefficient (Wildman–Crippen LogP) is 2.28. The first kappa shape index (κ1) is 18.5. The topological polar surface area (TPSA) is 104 Å². The number of aromatic amines is 1. The van der Waals surface area contributed by atoms with Crippen molar-refractivity contribution in [1.82, 2.24) is 15.2 Å². The van der Waals surface area contributed by atoms with Gasteiger partial charge in [0.1, 0.15) is 18.3 Å². The zero-order chi connectivity index (χ0) is 20.4. The lowest BCUT2D eigenvalue weighted by Gasteiger charge is -2.13. The number of fused-ring (bicyclic) bond motifs is 1. The molecule has 1 aliphatic rings. The molecule has 0 bridgehead atoms. The number of ether oxygens (including phenoxy) is 1. The first-order valence-electron chi connectivity index (χ1n) is 9.16. The average Bonchev–Trinajstić information content (AvgIpc) is 3.24. The maximum absolute atomic E-state index is 12.7. The molecule has 0 aliphatic carbocycles. The molecule has 148 valence electrons. The van der Waals surface area contributed by atoms with Crippen LogP contribution in [-0.2, 0) is 16.0 Å². The highest BCUT2D eigenvalue weighted by molar-refractivity contribution is 6.08. The van der Waals surface area contributed by atoms with Gasteiger partial charge in [-0.2, -0.15) is 0 Å². The normalized spacial score (nSPS) is 16.2. The molecule has 1 atom stereocenters. The molecular formula is C21H20N4O4. The van der Waals surface area contributed by atoms with Crippen molar-refractivity contribution in [2.75, 3.05) is 19.0 Å². The number of methoxy groups -OCH3 is 1. The molecule has 0 unspecified atom stereocenters. The van der Waals surface area contributed by atoms with Gasteiger partial charge in [-0.25, -0.2) is 4.79 Å². The Labute approximate surface area is 166 Å². The van der Waals surface area contributed by atoms with Crippen LogP contribution in [-0.4, -0.2) is 47.4 Å². The molecule has 0 spiro atoms. The molecule has 3 aromatic rings. The maximum Gasteiger partial charge on any atom is 0.325 e. The van der Waals surface area contributed by atoms with Gasteiger partial charge < -0.3 is 20.4 Å². The van der Waals surface area contributed by atoms with Gasteiger partial charge in [0.2, 0.25) is 5.91 Å². The third-order valence-corrected chi connectivity index (χ3v) is 4.86. The van der Waals surface area contributed by atoms with E-state index in [1.165, 1.54) is 7.11 Å². The number of anilines is 1. The van der Waals surface area contributed by atoms with Crippen molar-refractivity contribution in [1.29, 1.82) is 0 Å². The van der Waals surface area contributed by atoms with Gasteiger partial charge in [0.25, 0.3) is 5.91 Å². The van der Waals surface area contributed by atoms with Crippen LogP contribution >= 0.6 is 0 Å². The molecule has 1 aromatic heterocycles. The summed E-state index contributed by atoms with van der Waals surface area (Å²) in [6.07, 6.45) is 2.19. The van der Waals surface area contributed by atoms with E-state index in [0.717, 1.165) is 21.4 Å². The van der Waals surface area contributed by atoms with Crippen LogP contribution in [0.1, 0.15) is 5.56 Å². The lowest BCUT2D eigenvalue weighted by atomic mass is 10.1. The molecule has 4 amide bonds. The first-order valence-corrected chi connectivity index (χ1v) is 9.16. The van der Waals surface area contributed by atoms with E-state index in [0.29, 0.717) is 17.9 Å². The van der Waals surface area contributed by atoms with E-state index in [9.17, 15) is 14.4 Å². The Hall–Kier alpha value is -3.81. The van der Waals surface area contributed by atoms with Crippen LogP contribution in [0.2, 0.25) is 0 Å². The largest absolute Gasteiger partial charge is 0.497 e. The minimum absolute atomic E-state index is 0.350. The van der Waals surface area contributed by atoms with E-state index in [1.54, 1.807) is 24.3 Å². The Kier molecular flexibility index (Phi) is 4.90. The number of amides is 4. The quantitative estimate of drug-likeness (QED) is 0.560. The summed E-state index contributed by atoms with van der Waals surface area (Å²) >= 11 is 0. The van der Waals surface area contributed by atoms with Crippen LogP contribution in [0.15, 0.2) is 54.7 Å². The number of aromatic nitrogens is 1. The molecule has 1 saturated heterocycles. The molecular weight excluding hydrogens is 372 g/mol. The summed E-state index contributed by atoms with van der Waals surface area (Å²) in [5.41, 5.74) is 2.42. The number of urea groups is 1. The minimum atomic E-state index is -0.702. The van der Waals surface area contributed by atoms with E-state index in [-0.39, 0.29) is 6.54 Å². The smallest absolute Gasteiger partial charge is 0.325 e. The zero-order valence-corrected chi connectivity index (χ0v) is 15.8. The molecule has 0 saturated carbocycles.